The van der Waals surface area contributed by atoms with Gasteiger partial charge in [0.25, 0.3) is 0 Å². The first-order chi connectivity index (χ1) is 9.08. The predicted molar refractivity (Wildman–Crippen MR) is 81.9 cm³/mol. The van der Waals surface area contributed by atoms with Crippen LogP contribution in [-0.2, 0) is 4.79 Å². The quantitative estimate of drug-likeness (QED) is 0.549. The third-order valence-electron chi connectivity index (χ3n) is 3.18. The van der Waals surface area contributed by atoms with Crippen LogP contribution in [0.4, 0.5) is 4.79 Å². The molecule has 1 aliphatic rings. The molecule has 0 bridgehead atoms. The van der Waals surface area contributed by atoms with Gasteiger partial charge in [0, 0.05) is 31.6 Å². The number of nitrogens with one attached hydrogen (secondary N) is 3. The molecule has 1 aliphatic carbocycles. The standard InChI is InChI=1S/C13H26N4O2.ClH/c1-10(14)9-12(18)15-7-8-16-13(19)17-11-5-3-2-4-6-11;/h10-11H,2-9,14H2,1H3,(H,15,18)(H2,16,17,19);1H. The number of hydrogen-bond donors (Lipinski definition) is 4. The van der Waals surface area contributed by atoms with Crippen LogP contribution in [0.3, 0.4) is 0 Å². The van der Waals surface area contributed by atoms with Crippen molar-refractivity contribution in [2.75, 3.05) is 13.1 Å². The van der Waals surface area contributed by atoms with Gasteiger partial charge in [0.05, 0.1) is 0 Å². The second-order valence-corrected chi connectivity index (χ2v) is 5.27. The van der Waals surface area contributed by atoms with Crippen molar-refractivity contribution in [1.82, 2.24) is 16.0 Å². The third-order valence-corrected chi connectivity index (χ3v) is 3.18. The Labute approximate surface area is 127 Å². The molecular formula is C13H27ClN4O2. The highest BCUT2D eigenvalue weighted by Gasteiger charge is 2.15. The molecule has 7 heteroatoms. The van der Waals surface area contributed by atoms with Crippen molar-refractivity contribution >= 4 is 24.3 Å². The van der Waals surface area contributed by atoms with Crippen LogP contribution in [0.15, 0.2) is 0 Å². The molecule has 0 aromatic heterocycles. The Morgan fingerprint density at radius 2 is 1.75 bits per heavy atom. The van der Waals surface area contributed by atoms with Crippen LogP contribution < -0.4 is 21.7 Å². The van der Waals surface area contributed by atoms with Gasteiger partial charge < -0.3 is 21.7 Å². The zero-order valence-corrected chi connectivity index (χ0v) is 12.9. The summed E-state index contributed by atoms with van der Waals surface area (Å²) in [5.74, 6) is -0.0792. The highest BCUT2D eigenvalue weighted by atomic mass is 35.5. The zero-order valence-electron chi connectivity index (χ0n) is 12.1. The highest BCUT2D eigenvalue weighted by Crippen LogP contribution is 2.16. The number of urea groups is 1. The zero-order chi connectivity index (χ0) is 14.1. The molecule has 0 aliphatic heterocycles. The lowest BCUT2D eigenvalue weighted by Crippen LogP contribution is -2.45. The van der Waals surface area contributed by atoms with Crippen LogP contribution in [0.2, 0.25) is 0 Å². The Bertz CT molecular complexity index is 294. The molecule has 0 heterocycles. The highest BCUT2D eigenvalue weighted by molar-refractivity contribution is 5.85. The van der Waals surface area contributed by atoms with E-state index in [9.17, 15) is 9.59 Å². The number of amides is 3. The fourth-order valence-electron chi connectivity index (χ4n) is 2.23. The molecule has 1 fully saturated rings. The Morgan fingerprint density at radius 3 is 2.35 bits per heavy atom. The first-order valence-corrected chi connectivity index (χ1v) is 7.14. The van der Waals surface area contributed by atoms with Gasteiger partial charge in [-0.15, -0.1) is 12.4 Å². The van der Waals surface area contributed by atoms with E-state index in [0.29, 0.717) is 25.6 Å². The summed E-state index contributed by atoms with van der Waals surface area (Å²) >= 11 is 0. The summed E-state index contributed by atoms with van der Waals surface area (Å²) in [7, 11) is 0. The molecule has 5 N–H and O–H groups in total. The van der Waals surface area contributed by atoms with E-state index in [0.717, 1.165) is 12.8 Å². The first-order valence-electron chi connectivity index (χ1n) is 7.14. The van der Waals surface area contributed by atoms with Crippen molar-refractivity contribution in [3.05, 3.63) is 0 Å². The van der Waals surface area contributed by atoms with Crippen molar-refractivity contribution in [3.63, 3.8) is 0 Å². The number of halogens is 1. The van der Waals surface area contributed by atoms with Crippen molar-refractivity contribution in [2.45, 2.75) is 57.5 Å². The summed E-state index contributed by atoms with van der Waals surface area (Å²) in [5, 5.41) is 8.41. The van der Waals surface area contributed by atoms with E-state index >= 15 is 0 Å². The molecule has 1 unspecified atom stereocenters. The van der Waals surface area contributed by atoms with Crippen molar-refractivity contribution in [3.8, 4) is 0 Å². The average Bonchev–Trinajstić information content (AvgIpc) is 2.35. The normalized spacial score (nSPS) is 16.7. The van der Waals surface area contributed by atoms with Gasteiger partial charge in [-0.05, 0) is 19.8 Å². The maximum absolute atomic E-state index is 11.6. The molecule has 0 radical (unpaired) electrons. The molecule has 1 rings (SSSR count). The lowest BCUT2D eigenvalue weighted by molar-refractivity contribution is -0.121. The van der Waals surface area contributed by atoms with Crippen molar-refractivity contribution in [2.24, 2.45) is 5.73 Å². The Hall–Kier alpha value is -1.01. The fourth-order valence-corrected chi connectivity index (χ4v) is 2.23. The number of carbonyl (C=O) groups is 2. The minimum Gasteiger partial charge on any atom is -0.354 e. The summed E-state index contributed by atoms with van der Waals surface area (Å²) in [5.41, 5.74) is 5.51. The van der Waals surface area contributed by atoms with Crippen molar-refractivity contribution in [1.29, 1.82) is 0 Å². The van der Waals surface area contributed by atoms with Crippen LogP contribution in [0.5, 0.6) is 0 Å². The largest absolute Gasteiger partial charge is 0.354 e. The van der Waals surface area contributed by atoms with Crippen LogP contribution in [0, 0.1) is 0 Å². The number of carbonyl (C=O) groups excluding carboxylic acids is 2. The van der Waals surface area contributed by atoms with E-state index < -0.39 is 0 Å². The Morgan fingerprint density at radius 1 is 1.15 bits per heavy atom. The van der Waals surface area contributed by atoms with Gasteiger partial charge >= 0.3 is 6.03 Å². The van der Waals surface area contributed by atoms with Gasteiger partial charge in [-0.3, -0.25) is 4.79 Å². The van der Waals surface area contributed by atoms with E-state index in [1.165, 1.54) is 19.3 Å². The summed E-state index contributed by atoms with van der Waals surface area (Å²) in [6.45, 7) is 2.66. The van der Waals surface area contributed by atoms with E-state index in [4.69, 9.17) is 5.73 Å². The fraction of sp³-hybridized carbons (Fsp3) is 0.846. The van der Waals surface area contributed by atoms with Crippen LogP contribution >= 0.6 is 12.4 Å². The summed E-state index contributed by atoms with van der Waals surface area (Å²) in [6.07, 6.45) is 6.10. The smallest absolute Gasteiger partial charge is 0.315 e. The molecule has 6 nitrogen and oxygen atoms in total. The lowest BCUT2D eigenvalue weighted by atomic mass is 9.96. The molecule has 1 saturated carbocycles. The lowest BCUT2D eigenvalue weighted by Gasteiger charge is -2.22. The second-order valence-electron chi connectivity index (χ2n) is 5.27. The Balaban J connectivity index is 0.00000361. The molecule has 118 valence electrons. The summed E-state index contributed by atoms with van der Waals surface area (Å²) in [4.78, 5) is 22.9. The first kappa shape index (κ1) is 19.0. The molecule has 20 heavy (non-hydrogen) atoms. The monoisotopic (exact) mass is 306 g/mol. The van der Waals surface area contributed by atoms with Gasteiger partial charge in [-0.2, -0.15) is 0 Å². The van der Waals surface area contributed by atoms with Crippen LogP contribution in [0.25, 0.3) is 0 Å². The van der Waals surface area contributed by atoms with E-state index in [1.807, 2.05) is 0 Å². The molecule has 0 saturated heterocycles. The average molecular weight is 307 g/mol. The van der Waals surface area contributed by atoms with Crippen LogP contribution in [0.1, 0.15) is 45.4 Å². The van der Waals surface area contributed by atoms with E-state index in [2.05, 4.69) is 16.0 Å². The minimum absolute atomic E-state index is 0. The van der Waals surface area contributed by atoms with Gasteiger partial charge in [-0.1, -0.05) is 19.3 Å². The molecule has 0 spiro atoms. The summed E-state index contributed by atoms with van der Waals surface area (Å²) < 4.78 is 0. The predicted octanol–water partition coefficient (Wildman–Crippen LogP) is 0.894. The number of rotatable bonds is 6. The molecule has 3 amide bonds. The van der Waals surface area contributed by atoms with Gasteiger partial charge in [0.15, 0.2) is 0 Å². The maximum Gasteiger partial charge on any atom is 0.315 e. The van der Waals surface area contributed by atoms with E-state index in [1.54, 1.807) is 6.92 Å². The minimum atomic E-state index is -0.145. The number of hydrogen-bond acceptors (Lipinski definition) is 3. The number of nitrogens with two attached hydrogens (primary N) is 1. The SMILES string of the molecule is CC(N)CC(=O)NCCNC(=O)NC1CCCCC1.Cl. The topological polar surface area (TPSA) is 96.2 Å². The molecule has 1 atom stereocenters. The Kier molecular flexibility index (Phi) is 10.2. The molecule has 0 aromatic carbocycles. The van der Waals surface area contributed by atoms with Gasteiger partial charge in [-0.25, -0.2) is 4.79 Å². The third kappa shape index (κ3) is 8.98. The van der Waals surface area contributed by atoms with E-state index in [-0.39, 0.29) is 30.4 Å². The second kappa shape index (κ2) is 10.7. The van der Waals surface area contributed by atoms with Gasteiger partial charge in [0.2, 0.25) is 5.91 Å². The molecule has 0 aromatic rings. The van der Waals surface area contributed by atoms with Crippen molar-refractivity contribution < 1.29 is 9.59 Å². The summed E-state index contributed by atoms with van der Waals surface area (Å²) in [6, 6.07) is 0.0253. The molecular weight excluding hydrogens is 280 g/mol. The van der Waals surface area contributed by atoms with Crippen LogP contribution in [-0.4, -0.2) is 37.1 Å². The van der Waals surface area contributed by atoms with Gasteiger partial charge in [0.1, 0.15) is 0 Å². The maximum atomic E-state index is 11.6.